The van der Waals surface area contributed by atoms with Gasteiger partial charge in [-0.15, -0.1) is 0 Å². The van der Waals surface area contributed by atoms with Gasteiger partial charge in [-0.2, -0.15) is 26.3 Å². The lowest BCUT2D eigenvalue weighted by atomic mass is 9.55. The lowest BCUT2D eigenvalue weighted by molar-refractivity contribution is -0.383. The zero-order chi connectivity index (χ0) is 52.8. The molecule has 1 amide bonds. The van der Waals surface area contributed by atoms with Gasteiger partial charge in [-0.25, -0.2) is 4.79 Å². The van der Waals surface area contributed by atoms with Crippen LogP contribution in [-0.4, -0.2) is 135 Å². The van der Waals surface area contributed by atoms with E-state index in [4.69, 9.17) is 23.7 Å². The third-order valence-electron chi connectivity index (χ3n) is 15.7. The van der Waals surface area contributed by atoms with E-state index in [0.717, 1.165) is 87.9 Å². The van der Waals surface area contributed by atoms with Crippen LogP contribution in [0.1, 0.15) is 133 Å². The monoisotopic (exact) mass is 1080 g/mol. The van der Waals surface area contributed by atoms with E-state index in [0.29, 0.717) is 62.6 Å². The van der Waals surface area contributed by atoms with Gasteiger partial charge in [-0.1, -0.05) is 60.8 Å². The molecule has 1 aliphatic heterocycles. The number of carbonyl (C=O) groups is 1. The van der Waals surface area contributed by atoms with Crippen molar-refractivity contribution < 1.29 is 59.6 Å². The largest absolute Gasteiger partial charge is 0.494 e. The molecule has 73 heavy (non-hydrogen) atoms. The number of nitrogens with one attached hydrogen (secondary N) is 2. The number of hydrogen-bond donors (Lipinski definition) is 2. The van der Waals surface area contributed by atoms with Crippen molar-refractivity contribution in [3.8, 4) is 5.75 Å². The molecule has 3 fully saturated rings. The molecule has 414 valence electrons. The number of ether oxygens (including phenoxy) is 6. The normalized spacial score (nSPS) is 25.2. The van der Waals surface area contributed by atoms with Gasteiger partial charge in [0, 0.05) is 70.0 Å². The minimum absolute atomic E-state index is 0.0198. The predicted octanol–water partition coefficient (Wildman–Crippen LogP) is 9.80. The maximum absolute atomic E-state index is 13.6. The molecular formula is C52H78F6N4O9S2. The fourth-order valence-corrected chi connectivity index (χ4v) is 13.9. The van der Waals surface area contributed by atoms with Crippen molar-refractivity contribution in [1.82, 2.24) is 19.8 Å². The Morgan fingerprint density at radius 1 is 0.959 bits per heavy atom. The van der Waals surface area contributed by atoms with Crippen LogP contribution >= 0.6 is 21.6 Å². The Balaban J connectivity index is 0.795. The van der Waals surface area contributed by atoms with Gasteiger partial charge in [0.25, 0.3) is 11.2 Å². The van der Waals surface area contributed by atoms with Crippen LogP contribution < -0.4 is 21.3 Å². The van der Waals surface area contributed by atoms with E-state index < -0.39 is 48.5 Å². The molecular weight excluding hydrogens is 1000 g/mol. The summed E-state index contributed by atoms with van der Waals surface area (Å²) in [7, 11) is 8.55. The first-order valence-electron chi connectivity index (χ1n) is 26.2. The number of aromatic nitrogens is 2. The second kappa shape index (κ2) is 27.5. The number of methoxy groups -OCH3 is 2. The maximum Gasteiger partial charge on any atom is 0.426 e. The minimum atomic E-state index is -5.57. The predicted molar refractivity (Wildman–Crippen MR) is 271 cm³/mol. The zero-order valence-corrected chi connectivity index (χ0v) is 44.8. The van der Waals surface area contributed by atoms with Crippen molar-refractivity contribution in [2.45, 2.75) is 165 Å². The number of aromatic amines is 1. The Labute approximate surface area is 434 Å². The van der Waals surface area contributed by atoms with Crippen LogP contribution in [0.3, 0.4) is 0 Å². The molecule has 4 aliphatic rings. The first-order valence-corrected chi connectivity index (χ1v) is 28.7. The Kier molecular flexibility index (Phi) is 22.4. The number of alkyl halides is 6. The van der Waals surface area contributed by atoms with Gasteiger partial charge in [-0.3, -0.25) is 19.1 Å². The van der Waals surface area contributed by atoms with Gasteiger partial charge in [0.1, 0.15) is 18.1 Å². The first-order chi connectivity index (χ1) is 34.8. The van der Waals surface area contributed by atoms with Crippen molar-refractivity contribution in [1.29, 1.82) is 0 Å². The fourth-order valence-electron chi connectivity index (χ4n) is 11.7. The molecule has 0 radical (unpaired) electrons. The molecule has 0 bridgehead atoms. The van der Waals surface area contributed by atoms with Crippen LogP contribution in [0.2, 0.25) is 0 Å². The van der Waals surface area contributed by atoms with Crippen LogP contribution in [-0.2, 0) is 41.3 Å². The van der Waals surface area contributed by atoms with Gasteiger partial charge >= 0.3 is 18.0 Å². The Hall–Kier alpha value is -2.79. The summed E-state index contributed by atoms with van der Waals surface area (Å²) < 4.78 is 117. The number of H-pyrrole nitrogens is 1. The number of likely N-dealkylation sites (N-methyl/N-ethyl adjacent to an activating group) is 1. The minimum Gasteiger partial charge on any atom is -0.494 e. The van der Waals surface area contributed by atoms with Crippen molar-refractivity contribution in [3.63, 3.8) is 0 Å². The molecule has 13 nitrogen and oxygen atoms in total. The van der Waals surface area contributed by atoms with E-state index in [9.17, 15) is 40.7 Å². The number of aryl methyl sites for hydroxylation is 2. The zero-order valence-electron chi connectivity index (χ0n) is 43.2. The molecule has 3 aliphatic carbocycles. The van der Waals surface area contributed by atoms with E-state index in [1.807, 2.05) is 21.6 Å². The topological polar surface area (TPSA) is 143 Å². The molecule has 6 rings (SSSR count). The number of halogens is 6. The Bertz CT molecular complexity index is 2150. The number of unbranched alkanes of at least 4 members (excludes halogenated alkanes) is 3. The van der Waals surface area contributed by atoms with Crippen LogP contribution in [0, 0.1) is 17.3 Å². The lowest BCUT2D eigenvalue weighted by Crippen LogP contribution is -2.59. The molecule has 1 saturated heterocycles. The van der Waals surface area contributed by atoms with Gasteiger partial charge in [0.2, 0.25) is 5.91 Å². The van der Waals surface area contributed by atoms with Crippen molar-refractivity contribution in [2.24, 2.45) is 17.3 Å². The number of nitrogens with zero attached hydrogens (tertiary/aromatic N) is 2. The third kappa shape index (κ3) is 15.2. The molecule has 8 atom stereocenters. The average Bonchev–Trinajstić information content (AvgIpc) is 3.91. The summed E-state index contributed by atoms with van der Waals surface area (Å²) in [4.78, 5) is 41.6. The molecule has 1 aromatic carbocycles. The molecule has 2 heterocycles. The molecule has 0 spiro atoms. The smallest absolute Gasteiger partial charge is 0.426 e. The van der Waals surface area contributed by atoms with E-state index >= 15 is 0 Å². The van der Waals surface area contributed by atoms with Gasteiger partial charge in [0.05, 0.1) is 38.6 Å². The fraction of sp³-hybridized carbons (Fsp3) is 0.788. The summed E-state index contributed by atoms with van der Waals surface area (Å²) in [6.45, 7) is 5.11. The summed E-state index contributed by atoms with van der Waals surface area (Å²) in [6.07, 6.45) is -0.227. The van der Waals surface area contributed by atoms with Gasteiger partial charge in [0.15, 0.2) is 0 Å². The van der Waals surface area contributed by atoms with E-state index in [1.165, 1.54) is 28.8 Å². The third-order valence-corrected chi connectivity index (χ3v) is 18.3. The van der Waals surface area contributed by atoms with E-state index in [2.05, 4.69) is 40.2 Å². The van der Waals surface area contributed by atoms with Crippen LogP contribution in [0.25, 0.3) is 0 Å². The highest BCUT2D eigenvalue weighted by Crippen LogP contribution is 2.61. The lowest BCUT2D eigenvalue weighted by Gasteiger charge is -2.50. The number of fused-ring (bicyclic) bond motifs is 5. The Morgan fingerprint density at radius 3 is 2.42 bits per heavy atom. The molecule has 8 unspecified atom stereocenters. The number of amides is 1. The van der Waals surface area contributed by atoms with Crippen molar-refractivity contribution >= 4 is 27.5 Å². The van der Waals surface area contributed by atoms with Gasteiger partial charge in [-0.05, 0) is 124 Å². The summed E-state index contributed by atoms with van der Waals surface area (Å²) in [5, 5.41) is 2.95. The number of carbonyl (C=O) groups excluding carboxylic acids is 1. The van der Waals surface area contributed by atoms with Crippen LogP contribution in [0.15, 0.2) is 34.0 Å². The van der Waals surface area contributed by atoms with Crippen LogP contribution in [0.4, 0.5) is 26.3 Å². The van der Waals surface area contributed by atoms with Crippen molar-refractivity contribution in [2.75, 3.05) is 78.8 Å². The number of rotatable bonds is 30. The Morgan fingerprint density at radius 2 is 1.70 bits per heavy atom. The summed E-state index contributed by atoms with van der Waals surface area (Å²) >= 11 is 0. The van der Waals surface area contributed by atoms with Gasteiger partial charge < -0.3 is 38.6 Å². The molecule has 1 aromatic heterocycles. The quantitative estimate of drug-likeness (QED) is 0.0437. The second-order valence-electron chi connectivity index (χ2n) is 20.5. The first kappa shape index (κ1) is 59.5. The summed E-state index contributed by atoms with van der Waals surface area (Å²) in [5.41, 5.74) is -2.06. The summed E-state index contributed by atoms with van der Waals surface area (Å²) in [6, 6.07) is 6.64. The SMILES string of the molecule is CCCC(OCCN(C)CCOC1CCC2C3CCc4cc(OCCCSSCCCCCCNC(=O)CCc5cn(C6CC(OC)C(COC)O6)c(=O)[nH]c5=O)ccc4C3CCC12C)(C(F)(F)F)C(F)(F)F. The summed E-state index contributed by atoms with van der Waals surface area (Å²) in [5.74, 6) is 4.43. The highest BCUT2D eigenvalue weighted by atomic mass is 33.1. The second-order valence-corrected chi connectivity index (χ2v) is 23.2. The highest BCUT2D eigenvalue weighted by molar-refractivity contribution is 8.76. The number of benzene rings is 1. The molecule has 2 aromatic rings. The molecule has 21 heteroatoms. The highest BCUT2D eigenvalue weighted by Gasteiger charge is 2.71. The molecule has 2 saturated carbocycles. The maximum atomic E-state index is 13.6. The molecule has 2 N–H and O–H groups in total. The van der Waals surface area contributed by atoms with Crippen LogP contribution in [0.5, 0.6) is 5.75 Å². The number of hydrogen-bond acceptors (Lipinski definition) is 12. The van der Waals surface area contributed by atoms with E-state index in [1.54, 1.807) is 26.2 Å². The average molecular weight is 1080 g/mol. The van der Waals surface area contributed by atoms with E-state index in [-0.39, 0.29) is 55.4 Å². The standard InChI is InChI=1S/C52H78F6N4O9S2/c1-6-21-50(51(53,54)55,52(56,57)58)70-28-25-61(3)24-27-69-44-18-17-41-40-15-12-35-31-37(14-16-38(35)39(40)20-22-49(41,44)2)68-26-11-30-73-72-29-10-8-7-9-23-59-45(63)19-13-36-33-62(48(65)60-47(36)64)46-32-42(67-5)43(71-46)34-66-4/h14,16,31,33,39-44,46H,6-13,15,17-30,32,34H2,1-5H3,(H,59,63)(H,60,64,65). The van der Waals surface area contributed by atoms with Crippen molar-refractivity contribution in [3.05, 3.63) is 61.9 Å².